The Morgan fingerprint density at radius 2 is 1.88 bits per heavy atom. The number of amides is 1. The number of rotatable bonds is 1. The lowest BCUT2D eigenvalue weighted by Crippen LogP contribution is -2.06. The molecule has 0 heterocycles. The first-order valence-electron chi connectivity index (χ1n) is 3.86. The molecule has 16 heavy (non-hydrogen) atoms. The number of hydrogen-bond donors (Lipinski definition) is 1. The van der Waals surface area contributed by atoms with E-state index in [2.05, 4.69) is 11.7 Å². The summed E-state index contributed by atoms with van der Waals surface area (Å²) in [4.78, 5) is 19.3. The molecule has 0 aromatic heterocycles. The molecule has 0 bridgehead atoms. The molecule has 7 heteroatoms. The maximum atomic E-state index is 13.0. The third kappa shape index (κ3) is 2.51. The molecule has 0 radical (unpaired) electrons. The van der Waals surface area contributed by atoms with Gasteiger partial charge in [0.05, 0.1) is 4.92 Å². The standard InChI is InChI=1S/C9H4F2N2O3/c10-6-3-5(1-2-8(12)14)4-7(11)9(6)13(15)16/h3-4H,(H2,12,14). The van der Waals surface area contributed by atoms with E-state index in [9.17, 15) is 23.7 Å². The number of nitro groups is 1. The minimum Gasteiger partial charge on any atom is -0.359 e. The molecule has 0 atom stereocenters. The Kier molecular flexibility index (Phi) is 3.15. The molecule has 1 aromatic carbocycles. The van der Waals surface area contributed by atoms with Crippen LogP contribution in [-0.2, 0) is 4.79 Å². The van der Waals surface area contributed by atoms with Crippen molar-refractivity contribution in [3.8, 4) is 11.8 Å². The third-order valence-electron chi connectivity index (χ3n) is 1.53. The van der Waals surface area contributed by atoms with Gasteiger partial charge in [-0.25, -0.2) is 0 Å². The predicted molar refractivity (Wildman–Crippen MR) is 49.1 cm³/mol. The molecule has 0 aliphatic heterocycles. The number of primary amides is 1. The van der Waals surface area contributed by atoms with E-state index in [1.54, 1.807) is 0 Å². The number of benzene rings is 1. The average Bonchev–Trinajstić information content (AvgIpc) is 2.12. The van der Waals surface area contributed by atoms with Gasteiger partial charge in [0.2, 0.25) is 11.6 Å². The van der Waals surface area contributed by atoms with Gasteiger partial charge in [-0.15, -0.1) is 0 Å². The number of nitrogens with zero attached hydrogens (tertiary/aromatic N) is 1. The number of nitrogens with two attached hydrogens (primary N) is 1. The van der Waals surface area contributed by atoms with E-state index in [1.165, 1.54) is 0 Å². The van der Waals surface area contributed by atoms with Crippen molar-refractivity contribution >= 4 is 11.6 Å². The first-order valence-corrected chi connectivity index (χ1v) is 3.86. The van der Waals surface area contributed by atoms with Crippen LogP contribution in [0.1, 0.15) is 5.56 Å². The van der Waals surface area contributed by atoms with Crippen LogP contribution in [0.2, 0.25) is 0 Å². The molecule has 0 aliphatic carbocycles. The van der Waals surface area contributed by atoms with Crippen LogP contribution >= 0.6 is 0 Å². The van der Waals surface area contributed by atoms with Gasteiger partial charge in [0.15, 0.2) is 0 Å². The molecule has 1 rings (SSSR count). The van der Waals surface area contributed by atoms with Crippen molar-refractivity contribution in [1.29, 1.82) is 0 Å². The maximum absolute atomic E-state index is 13.0. The van der Waals surface area contributed by atoms with Crippen LogP contribution in [0.25, 0.3) is 0 Å². The zero-order valence-electron chi connectivity index (χ0n) is 7.66. The Labute approximate surface area is 88.0 Å². The molecule has 0 saturated heterocycles. The SMILES string of the molecule is NC(=O)C#Cc1cc(F)c([N+](=O)[O-])c(F)c1. The molecule has 2 N–H and O–H groups in total. The quantitative estimate of drug-likeness (QED) is 0.434. The number of carbonyl (C=O) groups excluding carboxylic acids is 1. The van der Waals surface area contributed by atoms with E-state index in [1.807, 2.05) is 5.92 Å². The minimum absolute atomic E-state index is 0.209. The van der Waals surface area contributed by atoms with Gasteiger partial charge in [0, 0.05) is 5.56 Å². The van der Waals surface area contributed by atoms with Gasteiger partial charge in [-0.05, 0) is 18.1 Å². The van der Waals surface area contributed by atoms with Crippen molar-refractivity contribution < 1.29 is 18.5 Å². The molecule has 0 spiro atoms. The van der Waals surface area contributed by atoms with Crippen LogP contribution in [0.5, 0.6) is 0 Å². The highest BCUT2D eigenvalue weighted by Crippen LogP contribution is 2.22. The van der Waals surface area contributed by atoms with Crippen molar-refractivity contribution in [2.24, 2.45) is 5.73 Å². The molecule has 1 amide bonds. The summed E-state index contributed by atoms with van der Waals surface area (Å²) >= 11 is 0. The van der Waals surface area contributed by atoms with Crippen molar-refractivity contribution in [2.45, 2.75) is 0 Å². The molecular weight excluding hydrogens is 222 g/mol. The van der Waals surface area contributed by atoms with Crippen molar-refractivity contribution in [2.75, 3.05) is 0 Å². The number of carbonyl (C=O) groups is 1. The van der Waals surface area contributed by atoms with E-state index >= 15 is 0 Å². The summed E-state index contributed by atoms with van der Waals surface area (Å²) in [6, 6.07) is 1.30. The van der Waals surface area contributed by atoms with Gasteiger partial charge >= 0.3 is 5.69 Å². The van der Waals surface area contributed by atoms with Gasteiger partial charge in [-0.1, -0.05) is 5.92 Å². The normalized spacial score (nSPS) is 9.12. The van der Waals surface area contributed by atoms with E-state index in [0.29, 0.717) is 12.1 Å². The second-order valence-electron chi connectivity index (χ2n) is 2.66. The van der Waals surface area contributed by atoms with E-state index in [0.717, 1.165) is 0 Å². The van der Waals surface area contributed by atoms with Crippen molar-refractivity contribution in [3.63, 3.8) is 0 Å². The van der Waals surface area contributed by atoms with Crippen LogP contribution in [0.3, 0.4) is 0 Å². The van der Waals surface area contributed by atoms with Gasteiger partial charge in [0.25, 0.3) is 5.91 Å². The lowest BCUT2D eigenvalue weighted by molar-refractivity contribution is -0.390. The monoisotopic (exact) mass is 226 g/mol. The molecular formula is C9H4F2N2O3. The smallest absolute Gasteiger partial charge is 0.340 e. The van der Waals surface area contributed by atoms with E-state index < -0.39 is 28.2 Å². The summed E-state index contributed by atoms with van der Waals surface area (Å²) in [5.41, 5.74) is 3.22. The first kappa shape index (κ1) is 11.6. The number of halogens is 2. The fourth-order valence-corrected chi connectivity index (χ4v) is 0.946. The Balaban J connectivity index is 3.27. The highest BCUT2D eigenvalue weighted by Gasteiger charge is 2.21. The predicted octanol–water partition coefficient (Wildman–Crippen LogP) is 0.710. The Morgan fingerprint density at radius 1 is 1.38 bits per heavy atom. The topological polar surface area (TPSA) is 86.2 Å². The van der Waals surface area contributed by atoms with Gasteiger partial charge in [-0.3, -0.25) is 14.9 Å². The summed E-state index contributed by atoms with van der Waals surface area (Å²) in [6.45, 7) is 0. The van der Waals surface area contributed by atoms with Crippen LogP contribution in [0.4, 0.5) is 14.5 Å². The van der Waals surface area contributed by atoms with Crippen LogP contribution in [0, 0.1) is 33.6 Å². The Hall–Kier alpha value is -2.49. The summed E-state index contributed by atoms with van der Waals surface area (Å²) in [7, 11) is 0. The zero-order chi connectivity index (χ0) is 12.3. The maximum Gasteiger partial charge on any atom is 0.340 e. The molecule has 82 valence electrons. The van der Waals surface area contributed by atoms with Gasteiger partial charge in [0.1, 0.15) is 0 Å². The van der Waals surface area contributed by atoms with Crippen molar-refractivity contribution in [1.82, 2.24) is 0 Å². The zero-order valence-corrected chi connectivity index (χ0v) is 7.66. The third-order valence-corrected chi connectivity index (χ3v) is 1.53. The Bertz CT molecular complexity index is 508. The summed E-state index contributed by atoms with van der Waals surface area (Å²) in [5, 5.41) is 10.2. The van der Waals surface area contributed by atoms with Crippen molar-refractivity contribution in [3.05, 3.63) is 39.4 Å². The largest absolute Gasteiger partial charge is 0.359 e. The fraction of sp³-hybridized carbons (Fsp3) is 0. The second kappa shape index (κ2) is 4.35. The Morgan fingerprint density at radius 3 is 2.25 bits per heavy atom. The lowest BCUT2D eigenvalue weighted by atomic mass is 10.2. The number of nitro benzene ring substituents is 1. The minimum atomic E-state index is -1.36. The fourth-order valence-electron chi connectivity index (χ4n) is 0.946. The summed E-state index contributed by atoms with van der Waals surface area (Å²) in [5.74, 6) is 0.218. The lowest BCUT2D eigenvalue weighted by Gasteiger charge is -1.96. The van der Waals surface area contributed by atoms with Crippen LogP contribution in [-0.4, -0.2) is 10.8 Å². The molecule has 1 aromatic rings. The van der Waals surface area contributed by atoms with Crippen LogP contribution < -0.4 is 5.73 Å². The van der Waals surface area contributed by atoms with E-state index in [4.69, 9.17) is 0 Å². The first-order chi connectivity index (χ1) is 7.41. The van der Waals surface area contributed by atoms with Gasteiger partial charge < -0.3 is 5.73 Å². The highest BCUT2D eigenvalue weighted by atomic mass is 19.1. The number of hydrogen-bond acceptors (Lipinski definition) is 3. The average molecular weight is 226 g/mol. The second-order valence-corrected chi connectivity index (χ2v) is 2.66. The molecule has 5 nitrogen and oxygen atoms in total. The molecule has 0 fully saturated rings. The molecule has 0 aliphatic rings. The molecule has 0 unspecified atom stereocenters. The highest BCUT2D eigenvalue weighted by molar-refractivity contribution is 5.92. The molecule has 0 saturated carbocycles. The summed E-state index contributed by atoms with van der Waals surface area (Å²) in [6.07, 6.45) is 0. The van der Waals surface area contributed by atoms with Gasteiger partial charge in [-0.2, -0.15) is 8.78 Å². The summed E-state index contributed by atoms with van der Waals surface area (Å²) < 4.78 is 26.0. The van der Waals surface area contributed by atoms with E-state index in [-0.39, 0.29) is 5.56 Å². The van der Waals surface area contributed by atoms with Crippen LogP contribution in [0.15, 0.2) is 12.1 Å².